The van der Waals surface area contributed by atoms with E-state index in [1.54, 1.807) is 13.2 Å². The van der Waals surface area contributed by atoms with Gasteiger partial charge in [0.1, 0.15) is 0 Å². The average molecular weight is 275 g/mol. The van der Waals surface area contributed by atoms with Gasteiger partial charge in [-0.05, 0) is 37.7 Å². The summed E-state index contributed by atoms with van der Waals surface area (Å²) < 4.78 is 5.14. The van der Waals surface area contributed by atoms with Crippen molar-refractivity contribution in [1.82, 2.24) is 4.98 Å². The minimum atomic E-state index is -0.291. The van der Waals surface area contributed by atoms with Gasteiger partial charge in [-0.15, -0.1) is 0 Å². The Hall–Kier alpha value is -1.78. The van der Waals surface area contributed by atoms with Crippen LogP contribution in [0, 0.1) is 11.3 Å². The van der Waals surface area contributed by atoms with Crippen LogP contribution in [0.4, 0.5) is 11.5 Å². The molecule has 1 aliphatic heterocycles. The molecule has 0 aromatic carbocycles. The van der Waals surface area contributed by atoms with Crippen LogP contribution < -0.4 is 15.4 Å². The van der Waals surface area contributed by atoms with E-state index in [-0.39, 0.29) is 11.3 Å². The molecule has 0 unspecified atom stereocenters. The molecule has 2 aliphatic rings. The fourth-order valence-corrected chi connectivity index (χ4v) is 3.10. The van der Waals surface area contributed by atoms with Gasteiger partial charge in [0.15, 0.2) is 5.82 Å². The lowest BCUT2D eigenvalue weighted by Crippen LogP contribution is -2.42. The lowest BCUT2D eigenvalue weighted by Gasteiger charge is -2.36. The molecule has 1 amide bonds. The normalized spacial score (nSPS) is 29.1. The van der Waals surface area contributed by atoms with Crippen molar-refractivity contribution in [3.63, 3.8) is 0 Å². The molecule has 108 valence electrons. The van der Waals surface area contributed by atoms with Gasteiger partial charge in [-0.1, -0.05) is 6.92 Å². The predicted molar refractivity (Wildman–Crippen MR) is 78.0 cm³/mol. The molecule has 1 spiro atoms. The first-order valence-electron chi connectivity index (χ1n) is 7.23. The summed E-state index contributed by atoms with van der Waals surface area (Å²) in [7, 11) is 1.59. The third-order valence-electron chi connectivity index (χ3n) is 4.63. The van der Waals surface area contributed by atoms with Crippen molar-refractivity contribution in [2.45, 2.75) is 32.6 Å². The van der Waals surface area contributed by atoms with E-state index in [2.05, 4.69) is 22.5 Å². The maximum absolute atomic E-state index is 12.6. The maximum Gasteiger partial charge on any atom is 0.232 e. The number of amides is 1. The highest BCUT2D eigenvalue weighted by molar-refractivity contribution is 5.99. The highest BCUT2D eigenvalue weighted by Crippen LogP contribution is 2.42. The van der Waals surface area contributed by atoms with Crippen LogP contribution in [0.3, 0.4) is 0 Å². The summed E-state index contributed by atoms with van der Waals surface area (Å²) in [6, 6.07) is 3.61. The molecule has 1 saturated carbocycles. The molecule has 1 fully saturated rings. The van der Waals surface area contributed by atoms with E-state index in [0.717, 1.165) is 37.3 Å². The quantitative estimate of drug-likeness (QED) is 0.827. The molecular formula is C15H21N3O2. The third-order valence-corrected chi connectivity index (χ3v) is 4.63. The molecule has 0 bridgehead atoms. The van der Waals surface area contributed by atoms with E-state index in [0.29, 0.717) is 18.2 Å². The molecule has 0 saturated heterocycles. The second kappa shape index (κ2) is 4.96. The molecule has 20 heavy (non-hydrogen) atoms. The number of nitrogens with one attached hydrogen (secondary N) is 2. The van der Waals surface area contributed by atoms with Crippen molar-refractivity contribution < 1.29 is 9.53 Å². The first-order valence-corrected chi connectivity index (χ1v) is 7.23. The lowest BCUT2D eigenvalue weighted by molar-refractivity contribution is -0.126. The van der Waals surface area contributed by atoms with E-state index < -0.39 is 0 Å². The molecule has 5 nitrogen and oxygen atoms in total. The summed E-state index contributed by atoms with van der Waals surface area (Å²) in [5.41, 5.74) is 0.451. The number of carbonyl (C=O) groups excluding carboxylic acids is 1. The second-order valence-electron chi connectivity index (χ2n) is 6.02. The molecule has 2 N–H and O–H groups in total. The van der Waals surface area contributed by atoms with Crippen LogP contribution in [0.15, 0.2) is 12.1 Å². The van der Waals surface area contributed by atoms with E-state index in [1.165, 1.54) is 0 Å². The molecule has 3 rings (SSSR count). The van der Waals surface area contributed by atoms with Gasteiger partial charge in [0.25, 0.3) is 0 Å². The Morgan fingerprint density at radius 3 is 2.80 bits per heavy atom. The predicted octanol–water partition coefficient (Wildman–Crippen LogP) is 2.65. The number of hydrogen-bond donors (Lipinski definition) is 2. The second-order valence-corrected chi connectivity index (χ2v) is 6.02. The first kappa shape index (κ1) is 13.2. The Bertz CT molecular complexity index is 522. The van der Waals surface area contributed by atoms with E-state index >= 15 is 0 Å². The Kier molecular flexibility index (Phi) is 3.28. The zero-order valence-corrected chi connectivity index (χ0v) is 12.0. The Balaban J connectivity index is 1.86. The van der Waals surface area contributed by atoms with Gasteiger partial charge >= 0.3 is 0 Å². The Morgan fingerprint density at radius 1 is 1.35 bits per heavy atom. The van der Waals surface area contributed by atoms with Crippen LogP contribution in [0.5, 0.6) is 5.88 Å². The smallest absolute Gasteiger partial charge is 0.232 e. The van der Waals surface area contributed by atoms with Crippen molar-refractivity contribution >= 4 is 17.4 Å². The van der Waals surface area contributed by atoms with Crippen LogP contribution in [0.1, 0.15) is 32.6 Å². The number of methoxy groups -OCH3 is 1. The van der Waals surface area contributed by atoms with Gasteiger partial charge in [0, 0.05) is 12.6 Å². The zero-order valence-electron chi connectivity index (χ0n) is 12.0. The summed E-state index contributed by atoms with van der Waals surface area (Å²) in [5, 5.41) is 6.36. The number of aromatic nitrogens is 1. The fourth-order valence-electron chi connectivity index (χ4n) is 3.10. The number of ether oxygens (including phenoxy) is 1. The van der Waals surface area contributed by atoms with E-state index in [9.17, 15) is 4.79 Å². The SMILES string of the molecule is COc1ccc2c(n1)NCC1(CCC(C)CC1)C(=O)N2. The highest BCUT2D eigenvalue weighted by atomic mass is 16.5. The number of carbonyl (C=O) groups is 1. The number of hydrogen-bond acceptors (Lipinski definition) is 4. The number of nitrogens with zero attached hydrogens (tertiary/aromatic N) is 1. The van der Waals surface area contributed by atoms with Crippen molar-refractivity contribution in [3.05, 3.63) is 12.1 Å². The third kappa shape index (κ3) is 2.21. The largest absolute Gasteiger partial charge is 0.481 e. The van der Waals surface area contributed by atoms with Gasteiger partial charge in [-0.25, -0.2) is 0 Å². The summed E-state index contributed by atoms with van der Waals surface area (Å²) in [6.07, 6.45) is 4.11. The molecule has 1 aromatic rings. The van der Waals surface area contributed by atoms with Gasteiger partial charge in [0.05, 0.1) is 18.2 Å². The number of pyridine rings is 1. The van der Waals surface area contributed by atoms with E-state index in [4.69, 9.17) is 4.74 Å². The zero-order chi connectivity index (χ0) is 14.2. The van der Waals surface area contributed by atoms with Gasteiger partial charge in [-0.3, -0.25) is 4.79 Å². The monoisotopic (exact) mass is 275 g/mol. The maximum atomic E-state index is 12.6. The topological polar surface area (TPSA) is 63.2 Å². The highest BCUT2D eigenvalue weighted by Gasteiger charge is 2.42. The summed E-state index contributed by atoms with van der Waals surface area (Å²) in [6.45, 7) is 2.91. The summed E-state index contributed by atoms with van der Waals surface area (Å²) in [4.78, 5) is 17.0. The van der Waals surface area contributed by atoms with Crippen LogP contribution >= 0.6 is 0 Å². The molecule has 1 aromatic heterocycles. The van der Waals surface area contributed by atoms with Crippen LogP contribution in [-0.4, -0.2) is 24.5 Å². The fraction of sp³-hybridized carbons (Fsp3) is 0.600. The minimum absolute atomic E-state index is 0.127. The number of fused-ring (bicyclic) bond motifs is 1. The average Bonchev–Trinajstić information content (AvgIpc) is 2.60. The molecule has 1 aliphatic carbocycles. The standard InChI is InChI=1S/C15H21N3O2/c1-10-5-7-15(8-6-10)9-16-13-11(17-14(15)19)3-4-12(18-13)20-2/h3-4,10H,5-9H2,1-2H3,(H,16,18)(H,17,19). The number of rotatable bonds is 1. The number of anilines is 2. The van der Waals surface area contributed by atoms with Crippen molar-refractivity contribution in [2.75, 3.05) is 24.3 Å². The van der Waals surface area contributed by atoms with Gasteiger partial charge in [0.2, 0.25) is 11.8 Å². The van der Waals surface area contributed by atoms with Crippen LogP contribution in [0.25, 0.3) is 0 Å². The Labute approximate surface area is 119 Å². The Morgan fingerprint density at radius 2 is 2.10 bits per heavy atom. The molecule has 2 heterocycles. The van der Waals surface area contributed by atoms with Gasteiger partial charge in [-0.2, -0.15) is 4.98 Å². The minimum Gasteiger partial charge on any atom is -0.481 e. The molecule has 0 radical (unpaired) electrons. The van der Waals surface area contributed by atoms with Crippen molar-refractivity contribution in [3.8, 4) is 5.88 Å². The molecular weight excluding hydrogens is 254 g/mol. The lowest BCUT2D eigenvalue weighted by atomic mass is 9.70. The van der Waals surface area contributed by atoms with Crippen molar-refractivity contribution in [2.24, 2.45) is 11.3 Å². The molecule has 0 atom stereocenters. The van der Waals surface area contributed by atoms with Crippen LogP contribution in [0.2, 0.25) is 0 Å². The van der Waals surface area contributed by atoms with Crippen molar-refractivity contribution in [1.29, 1.82) is 0 Å². The van der Waals surface area contributed by atoms with Gasteiger partial charge < -0.3 is 15.4 Å². The molecule has 5 heteroatoms. The summed E-state index contributed by atoms with van der Waals surface area (Å²) in [5.74, 6) is 2.10. The van der Waals surface area contributed by atoms with E-state index in [1.807, 2.05) is 6.07 Å². The first-order chi connectivity index (χ1) is 9.63. The van der Waals surface area contributed by atoms with Crippen LogP contribution in [-0.2, 0) is 4.79 Å². The summed E-state index contributed by atoms with van der Waals surface area (Å²) >= 11 is 0.